The summed E-state index contributed by atoms with van der Waals surface area (Å²) in [4.78, 5) is 0. The minimum absolute atomic E-state index is 0.145. The molecule has 0 aliphatic heterocycles. The van der Waals surface area contributed by atoms with Gasteiger partial charge in [-0.05, 0) is 46.5 Å². The van der Waals surface area contributed by atoms with Crippen LogP contribution in [-0.4, -0.2) is 24.9 Å². The molecule has 0 aromatic heterocycles. The Morgan fingerprint density at radius 3 is 2.05 bits per heavy atom. The molecule has 0 unspecified atom stereocenters. The average Bonchev–Trinajstić information content (AvgIpc) is 2.39. The van der Waals surface area contributed by atoms with Crippen LogP contribution < -0.4 is 0 Å². The van der Waals surface area contributed by atoms with Crippen LogP contribution in [0.1, 0.15) is 46.5 Å². The first-order valence-electron chi connectivity index (χ1n) is 7.36. The number of hydrogen-bond donors (Lipinski definition) is 1. The third-order valence-electron chi connectivity index (χ3n) is 3.07. The molecule has 20 heavy (non-hydrogen) atoms. The van der Waals surface area contributed by atoms with Crippen molar-refractivity contribution in [2.24, 2.45) is 0 Å². The van der Waals surface area contributed by atoms with Crippen LogP contribution in [0.15, 0.2) is 47.6 Å². The zero-order valence-corrected chi connectivity index (χ0v) is 13.3. The normalized spacial score (nSPS) is 13.7. The van der Waals surface area contributed by atoms with E-state index in [0.29, 0.717) is 13.2 Å². The monoisotopic (exact) mass is 278 g/mol. The van der Waals surface area contributed by atoms with E-state index in [1.165, 1.54) is 16.7 Å². The number of allylic oxidation sites excluding steroid dienone is 4. The zero-order valence-electron chi connectivity index (χ0n) is 13.3. The van der Waals surface area contributed by atoms with E-state index in [4.69, 9.17) is 9.84 Å². The molecule has 0 atom stereocenters. The lowest BCUT2D eigenvalue weighted by molar-refractivity contribution is 0.187. The predicted octanol–water partition coefficient (Wildman–Crippen LogP) is 4.58. The summed E-state index contributed by atoms with van der Waals surface area (Å²) in [6.07, 6.45) is 12.4. The summed E-state index contributed by atoms with van der Waals surface area (Å²) in [5.74, 6) is 0. The van der Waals surface area contributed by atoms with Gasteiger partial charge in [0.1, 0.15) is 0 Å². The van der Waals surface area contributed by atoms with E-state index in [1.807, 2.05) is 6.08 Å². The minimum atomic E-state index is 0.145. The third kappa shape index (κ3) is 11.9. The number of ether oxygens (including phenoxy) is 1. The van der Waals surface area contributed by atoms with Gasteiger partial charge in [0.25, 0.3) is 0 Å². The van der Waals surface area contributed by atoms with E-state index < -0.39 is 0 Å². The lowest BCUT2D eigenvalue weighted by Crippen LogP contribution is -1.95. The molecule has 0 aromatic carbocycles. The van der Waals surface area contributed by atoms with Crippen LogP contribution in [0.25, 0.3) is 0 Å². The lowest BCUT2D eigenvalue weighted by atomic mass is 10.1. The second kappa shape index (κ2) is 12.9. The van der Waals surface area contributed by atoms with Crippen LogP contribution >= 0.6 is 0 Å². The molecule has 0 radical (unpaired) electrons. The molecule has 0 saturated carbocycles. The Bertz CT molecular complexity index is 348. The highest BCUT2D eigenvalue weighted by molar-refractivity contribution is 5.06. The molecular weight excluding hydrogens is 248 g/mol. The Hall–Kier alpha value is -1.12. The average molecular weight is 278 g/mol. The molecule has 0 spiro atoms. The quantitative estimate of drug-likeness (QED) is 0.443. The maximum absolute atomic E-state index is 8.78. The van der Waals surface area contributed by atoms with Gasteiger partial charge in [0.05, 0.1) is 19.8 Å². The molecule has 2 nitrogen and oxygen atoms in total. The highest BCUT2D eigenvalue weighted by Gasteiger charge is 1.93. The largest absolute Gasteiger partial charge is 0.392 e. The summed E-state index contributed by atoms with van der Waals surface area (Å²) in [7, 11) is 0. The fourth-order valence-corrected chi connectivity index (χ4v) is 1.81. The standard InChI is InChI=1S/C18H30O2/c1-5-14-20-15-18(4)11-7-9-16(2)8-6-10-17(3)12-13-19/h5,8,11-12,19H,1,6-7,9-10,13-15H2,2-4H3/b16-8+,17-12+,18-11+. The topological polar surface area (TPSA) is 29.5 Å². The number of aliphatic hydroxyl groups excluding tert-OH is 1. The Labute approximate surface area is 124 Å². The van der Waals surface area contributed by atoms with Gasteiger partial charge in [-0.2, -0.15) is 0 Å². The smallest absolute Gasteiger partial charge is 0.0678 e. The molecule has 0 amide bonds. The van der Waals surface area contributed by atoms with Crippen molar-refractivity contribution in [3.63, 3.8) is 0 Å². The molecule has 0 aliphatic rings. The number of rotatable bonds is 11. The van der Waals surface area contributed by atoms with Gasteiger partial charge in [0.15, 0.2) is 0 Å². The van der Waals surface area contributed by atoms with Crippen molar-refractivity contribution in [2.75, 3.05) is 19.8 Å². The Kier molecular flexibility index (Phi) is 12.2. The summed E-state index contributed by atoms with van der Waals surface area (Å²) in [5, 5.41) is 8.78. The van der Waals surface area contributed by atoms with Gasteiger partial charge in [-0.25, -0.2) is 0 Å². The van der Waals surface area contributed by atoms with Gasteiger partial charge in [-0.3, -0.25) is 0 Å². The van der Waals surface area contributed by atoms with Crippen LogP contribution in [0.4, 0.5) is 0 Å². The number of aliphatic hydroxyl groups is 1. The van der Waals surface area contributed by atoms with Gasteiger partial charge in [-0.15, -0.1) is 6.58 Å². The maximum atomic E-state index is 8.78. The van der Waals surface area contributed by atoms with Crippen LogP contribution in [0.3, 0.4) is 0 Å². The van der Waals surface area contributed by atoms with Crippen molar-refractivity contribution in [3.05, 3.63) is 47.6 Å². The molecular formula is C18H30O2. The van der Waals surface area contributed by atoms with E-state index in [2.05, 4.69) is 39.5 Å². The number of hydrogen-bond acceptors (Lipinski definition) is 2. The van der Waals surface area contributed by atoms with Crippen molar-refractivity contribution >= 4 is 0 Å². The van der Waals surface area contributed by atoms with E-state index in [-0.39, 0.29) is 6.61 Å². The molecule has 0 fully saturated rings. The first-order valence-corrected chi connectivity index (χ1v) is 7.36. The third-order valence-corrected chi connectivity index (χ3v) is 3.07. The first kappa shape index (κ1) is 18.9. The molecule has 0 rings (SSSR count). The van der Waals surface area contributed by atoms with Crippen molar-refractivity contribution < 1.29 is 9.84 Å². The molecule has 0 saturated heterocycles. The summed E-state index contributed by atoms with van der Waals surface area (Å²) in [5.41, 5.74) is 3.96. The van der Waals surface area contributed by atoms with E-state index >= 15 is 0 Å². The van der Waals surface area contributed by atoms with Crippen molar-refractivity contribution in [1.29, 1.82) is 0 Å². The minimum Gasteiger partial charge on any atom is -0.392 e. The molecule has 0 heterocycles. The van der Waals surface area contributed by atoms with Gasteiger partial charge < -0.3 is 9.84 Å². The molecule has 0 aromatic rings. The summed E-state index contributed by atoms with van der Waals surface area (Å²) in [6, 6.07) is 0. The van der Waals surface area contributed by atoms with Crippen LogP contribution in [0.5, 0.6) is 0 Å². The van der Waals surface area contributed by atoms with Gasteiger partial charge >= 0.3 is 0 Å². The molecule has 2 heteroatoms. The van der Waals surface area contributed by atoms with Crippen molar-refractivity contribution in [1.82, 2.24) is 0 Å². The van der Waals surface area contributed by atoms with Crippen LogP contribution in [0, 0.1) is 0 Å². The highest BCUT2D eigenvalue weighted by atomic mass is 16.5. The summed E-state index contributed by atoms with van der Waals surface area (Å²) in [6.45, 7) is 11.4. The predicted molar refractivity (Wildman–Crippen MR) is 87.8 cm³/mol. The molecule has 1 N–H and O–H groups in total. The lowest BCUT2D eigenvalue weighted by Gasteiger charge is -2.03. The van der Waals surface area contributed by atoms with E-state index in [9.17, 15) is 0 Å². The SMILES string of the molecule is C=CCOC/C(C)=C/CC/C(C)=C/CC/C(C)=C/CO. The highest BCUT2D eigenvalue weighted by Crippen LogP contribution is 2.11. The van der Waals surface area contributed by atoms with Gasteiger partial charge in [0.2, 0.25) is 0 Å². The second-order valence-corrected chi connectivity index (χ2v) is 5.22. The van der Waals surface area contributed by atoms with Crippen LogP contribution in [0.2, 0.25) is 0 Å². The Balaban J connectivity index is 3.85. The molecule has 0 aliphatic carbocycles. The Morgan fingerprint density at radius 1 is 0.950 bits per heavy atom. The maximum Gasteiger partial charge on any atom is 0.0678 e. The van der Waals surface area contributed by atoms with E-state index in [1.54, 1.807) is 6.08 Å². The van der Waals surface area contributed by atoms with Crippen molar-refractivity contribution in [3.8, 4) is 0 Å². The first-order chi connectivity index (χ1) is 9.60. The van der Waals surface area contributed by atoms with Gasteiger partial charge in [0, 0.05) is 0 Å². The fourth-order valence-electron chi connectivity index (χ4n) is 1.81. The van der Waals surface area contributed by atoms with Crippen molar-refractivity contribution in [2.45, 2.75) is 46.5 Å². The summed E-state index contributed by atoms with van der Waals surface area (Å²) < 4.78 is 5.39. The van der Waals surface area contributed by atoms with E-state index in [0.717, 1.165) is 25.7 Å². The Morgan fingerprint density at radius 2 is 1.50 bits per heavy atom. The van der Waals surface area contributed by atoms with Gasteiger partial charge in [-0.1, -0.05) is 41.0 Å². The second-order valence-electron chi connectivity index (χ2n) is 5.22. The molecule has 114 valence electrons. The fraction of sp³-hybridized carbons (Fsp3) is 0.556. The summed E-state index contributed by atoms with van der Waals surface area (Å²) >= 11 is 0. The zero-order chi connectivity index (χ0) is 15.2. The van der Waals surface area contributed by atoms with Crippen LogP contribution in [-0.2, 0) is 4.74 Å². The molecule has 0 bridgehead atoms.